The van der Waals surface area contributed by atoms with E-state index in [1.54, 1.807) is 0 Å². The average Bonchev–Trinajstić information content (AvgIpc) is 3.20. The second-order valence-corrected chi connectivity index (χ2v) is 7.53. The normalized spacial score (nSPS) is 14.9. The molecule has 6 heteroatoms. The zero-order valence-electron chi connectivity index (χ0n) is 16.4. The summed E-state index contributed by atoms with van der Waals surface area (Å²) in [5.41, 5.74) is 1.49. The number of hydrogen-bond acceptors (Lipinski definition) is 4. The Labute approximate surface area is 173 Å². The lowest BCUT2D eigenvalue weighted by molar-refractivity contribution is 0.0689. The summed E-state index contributed by atoms with van der Waals surface area (Å²) < 4.78 is 6.79. The van der Waals surface area contributed by atoms with Gasteiger partial charge in [-0.25, -0.2) is 4.79 Å². The molecule has 6 nitrogen and oxygen atoms in total. The van der Waals surface area contributed by atoms with E-state index in [1.165, 1.54) is 4.68 Å². The van der Waals surface area contributed by atoms with Crippen molar-refractivity contribution >= 4 is 16.7 Å². The van der Waals surface area contributed by atoms with Crippen molar-refractivity contribution in [3.63, 3.8) is 0 Å². The van der Waals surface area contributed by atoms with Crippen LogP contribution in [0.3, 0.4) is 0 Å². The third kappa shape index (κ3) is 3.30. The number of amides is 1. The van der Waals surface area contributed by atoms with Crippen molar-refractivity contribution in [3.8, 4) is 11.5 Å². The maximum absolute atomic E-state index is 13.1. The minimum absolute atomic E-state index is 0.0303. The zero-order chi connectivity index (χ0) is 20.5. The molecule has 0 saturated carbocycles. The van der Waals surface area contributed by atoms with E-state index >= 15 is 0 Å². The highest BCUT2D eigenvalue weighted by atomic mass is 16.4. The number of rotatable bonds is 3. The maximum Gasteiger partial charge on any atom is 0.437 e. The van der Waals surface area contributed by atoms with E-state index in [1.807, 2.05) is 77.7 Å². The molecule has 0 aliphatic carbocycles. The molecule has 30 heavy (non-hydrogen) atoms. The molecule has 0 spiro atoms. The Balaban J connectivity index is 1.33. The third-order valence-electron chi connectivity index (χ3n) is 5.71. The summed E-state index contributed by atoms with van der Waals surface area (Å²) in [4.78, 5) is 27.3. The van der Waals surface area contributed by atoms with Crippen molar-refractivity contribution in [3.05, 3.63) is 88.9 Å². The fourth-order valence-corrected chi connectivity index (χ4v) is 4.11. The van der Waals surface area contributed by atoms with Crippen LogP contribution in [0.2, 0.25) is 0 Å². The van der Waals surface area contributed by atoms with Crippen LogP contribution >= 0.6 is 0 Å². The van der Waals surface area contributed by atoms with Gasteiger partial charge in [0.15, 0.2) is 0 Å². The van der Waals surface area contributed by atoms with Crippen molar-refractivity contribution in [2.75, 3.05) is 13.1 Å². The molecule has 4 aromatic rings. The minimum Gasteiger partial charge on any atom is -0.388 e. The average molecular weight is 399 g/mol. The highest BCUT2D eigenvalue weighted by Crippen LogP contribution is 2.26. The number of carbonyl (C=O) groups is 1. The molecule has 1 amide bonds. The third-order valence-corrected chi connectivity index (χ3v) is 5.71. The van der Waals surface area contributed by atoms with Crippen LogP contribution in [0.25, 0.3) is 22.2 Å². The molecule has 0 radical (unpaired) electrons. The second kappa shape index (κ2) is 7.63. The molecule has 5 rings (SSSR count). The van der Waals surface area contributed by atoms with E-state index in [9.17, 15) is 9.59 Å². The summed E-state index contributed by atoms with van der Waals surface area (Å²) in [5, 5.41) is 6.43. The zero-order valence-corrected chi connectivity index (χ0v) is 16.4. The summed E-state index contributed by atoms with van der Waals surface area (Å²) in [6, 6.07) is 23.0. The Kier molecular flexibility index (Phi) is 4.67. The molecule has 150 valence electrons. The van der Waals surface area contributed by atoms with Crippen LogP contribution in [0, 0.1) is 0 Å². The van der Waals surface area contributed by atoms with E-state index in [0.29, 0.717) is 31.8 Å². The Morgan fingerprint density at radius 2 is 1.60 bits per heavy atom. The Bertz CT molecular complexity index is 1250. The number of carbonyl (C=O) groups excluding carboxylic acids is 1. The number of aromatic nitrogens is 2. The van der Waals surface area contributed by atoms with Crippen LogP contribution in [0.4, 0.5) is 0 Å². The first-order valence-electron chi connectivity index (χ1n) is 10.1. The van der Waals surface area contributed by atoms with Gasteiger partial charge in [0.2, 0.25) is 5.89 Å². The largest absolute Gasteiger partial charge is 0.437 e. The maximum atomic E-state index is 13.1. The van der Waals surface area contributed by atoms with Gasteiger partial charge in [0.25, 0.3) is 5.91 Å². The van der Waals surface area contributed by atoms with Crippen molar-refractivity contribution < 1.29 is 9.21 Å². The van der Waals surface area contributed by atoms with Gasteiger partial charge in [-0.2, -0.15) is 4.68 Å². The van der Waals surface area contributed by atoms with E-state index < -0.39 is 5.76 Å². The van der Waals surface area contributed by atoms with Crippen LogP contribution in [-0.2, 0) is 0 Å². The number of nitrogens with zero attached hydrogens (tertiary/aromatic N) is 3. The Hall–Kier alpha value is -3.67. The molecule has 3 aromatic carbocycles. The molecule has 1 aliphatic rings. The van der Waals surface area contributed by atoms with Gasteiger partial charge in [-0.15, -0.1) is 5.10 Å². The highest BCUT2D eigenvalue weighted by Gasteiger charge is 2.28. The van der Waals surface area contributed by atoms with Gasteiger partial charge in [-0.1, -0.05) is 54.6 Å². The summed E-state index contributed by atoms with van der Waals surface area (Å²) in [6.45, 7) is 1.15. The van der Waals surface area contributed by atoms with Crippen LogP contribution in [0.5, 0.6) is 0 Å². The molecule has 0 N–H and O–H groups in total. The summed E-state index contributed by atoms with van der Waals surface area (Å²) in [6.07, 6.45) is 1.33. The van der Waals surface area contributed by atoms with Gasteiger partial charge < -0.3 is 9.32 Å². The standard InChI is InChI=1S/C24H21N3O3/c28-23(21-12-6-10-17-7-4-5-11-20(17)21)26-15-13-19(14-16-26)27-24(29)30-22(25-27)18-8-2-1-3-9-18/h1-12,19H,13-16H2. The first-order valence-corrected chi connectivity index (χ1v) is 10.1. The lowest BCUT2D eigenvalue weighted by Gasteiger charge is -2.31. The summed E-state index contributed by atoms with van der Waals surface area (Å²) in [7, 11) is 0. The topological polar surface area (TPSA) is 68.3 Å². The van der Waals surface area contributed by atoms with Crippen LogP contribution < -0.4 is 5.76 Å². The van der Waals surface area contributed by atoms with Crippen molar-refractivity contribution in [2.24, 2.45) is 0 Å². The number of fused-ring (bicyclic) bond motifs is 1. The SMILES string of the molecule is O=C(c1cccc2ccccc12)N1CCC(n2nc(-c3ccccc3)oc2=O)CC1. The number of likely N-dealkylation sites (tertiary alicyclic amines) is 1. The van der Waals surface area contributed by atoms with Gasteiger partial charge in [0.05, 0.1) is 6.04 Å². The van der Waals surface area contributed by atoms with Gasteiger partial charge in [0.1, 0.15) is 0 Å². The van der Waals surface area contributed by atoms with Gasteiger partial charge >= 0.3 is 5.76 Å². The fraction of sp³-hybridized carbons (Fsp3) is 0.208. The van der Waals surface area contributed by atoms with Crippen LogP contribution in [0.15, 0.2) is 82.0 Å². The van der Waals surface area contributed by atoms with E-state index in [0.717, 1.165) is 21.9 Å². The number of piperidine rings is 1. The minimum atomic E-state index is -0.451. The molecule has 1 fully saturated rings. The molecule has 0 bridgehead atoms. The van der Waals surface area contributed by atoms with Crippen LogP contribution in [-0.4, -0.2) is 33.7 Å². The fourth-order valence-electron chi connectivity index (χ4n) is 4.11. The van der Waals surface area contributed by atoms with Crippen LogP contribution in [0.1, 0.15) is 29.2 Å². The molecule has 1 aliphatic heterocycles. The smallest absolute Gasteiger partial charge is 0.388 e. The molecular weight excluding hydrogens is 378 g/mol. The predicted molar refractivity (Wildman–Crippen MR) is 114 cm³/mol. The van der Waals surface area contributed by atoms with Crippen molar-refractivity contribution in [1.29, 1.82) is 0 Å². The number of hydrogen-bond donors (Lipinski definition) is 0. The molecule has 1 aromatic heterocycles. The van der Waals surface area contributed by atoms with E-state index in [2.05, 4.69) is 5.10 Å². The number of benzene rings is 3. The quantitative estimate of drug-likeness (QED) is 0.519. The molecule has 0 unspecified atom stereocenters. The lowest BCUT2D eigenvalue weighted by atomic mass is 10.0. The Morgan fingerprint density at radius 1 is 0.900 bits per heavy atom. The van der Waals surface area contributed by atoms with Gasteiger partial charge in [0, 0.05) is 24.2 Å². The summed E-state index contributed by atoms with van der Waals surface area (Å²) >= 11 is 0. The van der Waals surface area contributed by atoms with Crippen molar-refractivity contribution in [1.82, 2.24) is 14.7 Å². The van der Waals surface area contributed by atoms with Gasteiger partial charge in [-0.05, 0) is 41.8 Å². The van der Waals surface area contributed by atoms with E-state index in [4.69, 9.17) is 4.42 Å². The molecule has 1 saturated heterocycles. The summed E-state index contributed by atoms with van der Waals surface area (Å²) in [5.74, 6) is -0.0923. The molecule has 2 heterocycles. The van der Waals surface area contributed by atoms with Crippen molar-refractivity contribution in [2.45, 2.75) is 18.9 Å². The lowest BCUT2D eigenvalue weighted by Crippen LogP contribution is -2.40. The molecular formula is C24H21N3O3. The second-order valence-electron chi connectivity index (χ2n) is 7.53. The first kappa shape index (κ1) is 18.4. The monoisotopic (exact) mass is 399 g/mol. The first-order chi connectivity index (χ1) is 14.7. The van der Waals surface area contributed by atoms with Gasteiger partial charge in [-0.3, -0.25) is 4.79 Å². The predicted octanol–water partition coefficient (Wildman–Crippen LogP) is 4.13. The highest BCUT2D eigenvalue weighted by molar-refractivity contribution is 6.07. The van der Waals surface area contributed by atoms with E-state index in [-0.39, 0.29) is 11.9 Å². The Morgan fingerprint density at radius 3 is 2.40 bits per heavy atom. The molecule has 0 atom stereocenters.